The Kier molecular flexibility index (Phi) is 8.18. The average molecular weight is 388 g/mol. The Morgan fingerprint density at radius 1 is 1.26 bits per heavy atom. The van der Waals surface area contributed by atoms with Gasteiger partial charge in [-0.3, -0.25) is 4.99 Å². The quantitative estimate of drug-likeness (QED) is 0.426. The van der Waals surface area contributed by atoms with E-state index in [1.54, 1.807) is 13.1 Å². The zero-order valence-electron chi connectivity index (χ0n) is 15.7. The predicted octanol–water partition coefficient (Wildman–Crippen LogP) is 2.24. The van der Waals surface area contributed by atoms with E-state index < -0.39 is 11.7 Å². The Hall–Kier alpha value is -2.00. The highest BCUT2D eigenvalue weighted by molar-refractivity contribution is 5.79. The Labute approximate surface area is 157 Å². The van der Waals surface area contributed by atoms with Gasteiger partial charge in [-0.1, -0.05) is 6.07 Å². The number of ether oxygens (including phenoxy) is 2. The number of hydrogen-bond acceptors (Lipinski definition) is 4. The van der Waals surface area contributed by atoms with Crippen molar-refractivity contribution < 1.29 is 22.6 Å². The molecule has 0 spiro atoms. The van der Waals surface area contributed by atoms with Crippen molar-refractivity contribution in [1.82, 2.24) is 10.6 Å². The number of anilines is 1. The number of morpholine rings is 1. The molecule has 9 heteroatoms. The summed E-state index contributed by atoms with van der Waals surface area (Å²) in [6.07, 6.45) is -4.43. The molecule has 1 aromatic rings. The Morgan fingerprint density at radius 2 is 2.00 bits per heavy atom. The molecule has 2 N–H and O–H groups in total. The van der Waals surface area contributed by atoms with E-state index in [-0.39, 0.29) is 12.1 Å². The van der Waals surface area contributed by atoms with Crippen LogP contribution in [0.3, 0.4) is 0 Å². The van der Waals surface area contributed by atoms with Gasteiger partial charge in [-0.2, -0.15) is 13.2 Å². The summed E-state index contributed by atoms with van der Waals surface area (Å²) in [5.74, 6) is 0.431. The normalized spacial score (nSPS) is 15.7. The lowest BCUT2D eigenvalue weighted by Crippen LogP contribution is -2.39. The minimum absolute atomic E-state index is 0.0204. The van der Waals surface area contributed by atoms with E-state index in [1.165, 1.54) is 12.1 Å². The van der Waals surface area contributed by atoms with Crippen molar-refractivity contribution in [2.24, 2.45) is 4.99 Å². The molecule has 1 saturated heterocycles. The molecule has 0 amide bonds. The van der Waals surface area contributed by atoms with Crippen molar-refractivity contribution >= 4 is 11.6 Å². The van der Waals surface area contributed by atoms with Crippen molar-refractivity contribution in [2.45, 2.75) is 19.6 Å². The second-order valence-electron chi connectivity index (χ2n) is 5.99. The van der Waals surface area contributed by atoms with Gasteiger partial charge in [0.1, 0.15) is 0 Å². The Morgan fingerprint density at radius 3 is 2.63 bits per heavy atom. The Balaban J connectivity index is 2.06. The van der Waals surface area contributed by atoms with Crippen LogP contribution in [0.1, 0.15) is 18.1 Å². The van der Waals surface area contributed by atoms with Gasteiger partial charge < -0.3 is 25.0 Å². The third-order valence-corrected chi connectivity index (χ3v) is 4.19. The molecule has 1 aliphatic heterocycles. The molecule has 0 saturated carbocycles. The van der Waals surface area contributed by atoms with E-state index in [4.69, 9.17) is 9.47 Å². The van der Waals surface area contributed by atoms with Gasteiger partial charge in [-0.25, -0.2) is 0 Å². The molecule has 0 unspecified atom stereocenters. The van der Waals surface area contributed by atoms with Crippen molar-refractivity contribution in [3.05, 3.63) is 29.3 Å². The van der Waals surface area contributed by atoms with Crippen LogP contribution in [0.2, 0.25) is 0 Å². The maximum Gasteiger partial charge on any atom is 0.416 e. The fraction of sp³-hybridized carbons (Fsp3) is 0.611. The number of aliphatic imine (C=N–C) groups is 1. The lowest BCUT2D eigenvalue weighted by molar-refractivity contribution is -0.138. The van der Waals surface area contributed by atoms with Crippen LogP contribution in [-0.4, -0.2) is 59.1 Å². The van der Waals surface area contributed by atoms with Gasteiger partial charge in [0.05, 0.1) is 25.4 Å². The average Bonchev–Trinajstić information content (AvgIpc) is 2.67. The SMILES string of the molecule is CCOCCNC(=NC)NCc1ccc(N2CCOCC2)cc1C(F)(F)F. The molecule has 1 fully saturated rings. The molecule has 1 heterocycles. The van der Waals surface area contributed by atoms with Crippen LogP contribution in [0.25, 0.3) is 0 Å². The standard InChI is InChI=1S/C18H27F3N4O2/c1-3-26-9-6-23-17(22-2)24-13-14-4-5-15(12-16(14)18(19,20)21)25-7-10-27-11-8-25/h4-5,12H,3,6-11,13H2,1-2H3,(H2,22,23,24). The van der Waals surface area contributed by atoms with E-state index in [0.717, 1.165) is 0 Å². The maximum absolute atomic E-state index is 13.6. The fourth-order valence-electron chi connectivity index (χ4n) is 2.79. The smallest absolute Gasteiger partial charge is 0.380 e. The summed E-state index contributed by atoms with van der Waals surface area (Å²) in [4.78, 5) is 5.93. The minimum atomic E-state index is -4.43. The fourth-order valence-corrected chi connectivity index (χ4v) is 2.79. The van der Waals surface area contributed by atoms with Crippen molar-refractivity contribution in [2.75, 3.05) is 58.0 Å². The Bertz CT molecular complexity index is 617. The molecule has 0 aliphatic carbocycles. The molecular weight excluding hydrogens is 361 g/mol. The molecule has 2 rings (SSSR count). The second kappa shape index (κ2) is 10.4. The summed E-state index contributed by atoms with van der Waals surface area (Å²) in [5, 5.41) is 5.93. The molecule has 1 aliphatic rings. The van der Waals surface area contributed by atoms with Gasteiger partial charge in [0.2, 0.25) is 0 Å². The van der Waals surface area contributed by atoms with Crippen LogP contribution in [0, 0.1) is 0 Å². The van der Waals surface area contributed by atoms with E-state index in [2.05, 4.69) is 15.6 Å². The number of rotatable bonds is 7. The molecule has 6 nitrogen and oxygen atoms in total. The van der Waals surface area contributed by atoms with Gasteiger partial charge in [0.25, 0.3) is 0 Å². The summed E-state index contributed by atoms with van der Waals surface area (Å²) in [6.45, 7) is 5.77. The topological polar surface area (TPSA) is 58.1 Å². The van der Waals surface area contributed by atoms with Gasteiger partial charge in [-0.15, -0.1) is 0 Å². The highest BCUT2D eigenvalue weighted by atomic mass is 19.4. The van der Waals surface area contributed by atoms with Crippen molar-refractivity contribution in [3.63, 3.8) is 0 Å². The van der Waals surface area contributed by atoms with Crippen LogP contribution in [-0.2, 0) is 22.2 Å². The van der Waals surface area contributed by atoms with Crippen LogP contribution in [0.15, 0.2) is 23.2 Å². The molecule has 0 aromatic heterocycles. The molecule has 152 valence electrons. The number of guanidine groups is 1. The predicted molar refractivity (Wildman–Crippen MR) is 99.2 cm³/mol. The zero-order chi connectivity index (χ0) is 19.7. The van der Waals surface area contributed by atoms with Gasteiger partial charge in [0, 0.05) is 45.5 Å². The lowest BCUT2D eigenvalue weighted by atomic mass is 10.0. The van der Waals surface area contributed by atoms with Crippen LogP contribution in [0.5, 0.6) is 0 Å². The number of benzene rings is 1. The largest absolute Gasteiger partial charge is 0.416 e. The first-order valence-electron chi connectivity index (χ1n) is 9.00. The van der Waals surface area contributed by atoms with Crippen LogP contribution in [0.4, 0.5) is 18.9 Å². The van der Waals surface area contributed by atoms with E-state index >= 15 is 0 Å². The number of nitrogens with zero attached hydrogens (tertiary/aromatic N) is 2. The monoisotopic (exact) mass is 388 g/mol. The first-order valence-corrected chi connectivity index (χ1v) is 9.00. The first kappa shape index (κ1) is 21.3. The lowest BCUT2D eigenvalue weighted by Gasteiger charge is -2.29. The van der Waals surface area contributed by atoms with E-state index in [1.807, 2.05) is 11.8 Å². The van der Waals surface area contributed by atoms with E-state index in [9.17, 15) is 13.2 Å². The summed E-state index contributed by atoms with van der Waals surface area (Å²) in [5.41, 5.74) is 0.102. The van der Waals surface area contributed by atoms with Gasteiger partial charge in [0.15, 0.2) is 5.96 Å². The molecule has 0 radical (unpaired) electrons. The number of nitrogens with one attached hydrogen (secondary N) is 2. The molecule has 1 aromatic carbocycles. The van der Waals surface area contributed by atoms with Gasteiger partial charge in [-0.05, 0) is 24.6 Å². The number of hydrogen-bond donors (Lipinski definition) is 2. The second-order valence-corrected chi connectivity index (χ2v) is 5.99. The minimum Gasteiger partial charge on any atom is -0.380 e. The van der Waals surface area contributed by atoms with Crippen molar-refractivity contribution in [1.29, 1.82) is 0 Å². The summed E-state index contributed by atoms with van der Waals surface area (Å²) in [7, 11) is 1.57. The zero-order valence-corrected chi connectivity index (χ0v) is 15.7. The number of alkyl halides is 3. The summed E-state index contributed by atoms with van der Waals surface area (Å²) >= 11 is 0. The van der Waals surface area contributed by atoms with Crippen LogP contribution >= 0.6 is 0 Å². The van der Waals surface area contributed by atoms with Crippen LogP contribution < -0.4 is 15.5 Å². The van der Waals surface area contributed by atoms with E-state index in [0.29, 0.717) is 57.7 Å². The maximum atomic E-state index is 13.6. The number of halogens is 3. The third-order valence-electron chi connectivity index (χ3n) is 4.19. The third kappa shape index (κ3) is 6.59. The molecule has 0 bridgehead atoms. The highest BCUT2D eigenvalue weighted by Crippen LogP contribution is 2.34. The summed E-state index contributed by atoms with van der Waals surface area (Å²) < 4.78 is 51.2. The van der Waals surface area contributed by atoms with Crippen molar-refractivity contribution in [3.8, 4) is 0 Å². The summed E-state index contributed by atoms with van der Waals surface area (Å²) in [6, 6.07) is 4.46. The molecule has 0 atom stereocenters. The van der Waals surface area contributed by atoms with Gasteiger partial charge >= 0.3 is 6.18 Å². The first-order chi connectivity index (χ1) is 13.0. The molecule has 27 heavy (non-hydrogen) atoms. The molecular formula is C18H27F3N4O2. The highest BCUT2D eigenvalue weighted by Gasteiger charge is 2.34.